The maximum absolute atomic E-state index is 12.3. The van der Waals surface area contributed by atoms with Crippen molar-refractivity contribution < 1.29 is 9.53 Å². The van der Waals surface area contributed by atoms with Crippen LogP contribution in [0.25, 0.3) is 16.0 Å². The van der Waals surface area contributed by atoms with Gasteiger partial charge < -0.3 is 4.74 Å². The number of carbonyl (C=O) groups is 1. The number of carbonyl (C=O) groups excluding carboxylic acids is 1. The molecule has 2 aromatic rings. The van der Waals surface area contributed by atoms with Crippen molar-refractivity contribution in [2.24, 2.45) is 10.5 Å². The van der Waals surface area contributed by atoms with Crippen molar-refractivity contribution >= 4 is 11.5 Å². The summed E-state index contributed by atoms with van der Waals surface area (Å²) in [4.78, 5) is 15.1. The molecule has 0 saturated heterocycles. The highest BCUT2D eigenvalue weighted by Crippen LogP contribution is 2.41. The first-order valence-electron chi connectivity index (χ1n) is 8.64. The number of hydrogen-bond donors (Lipinski definition) is 0. The Morgan fingerprint density at radius 3 is 2.84 bits per heavy atom. The number of hydrogen-bond acceptors (Lipinski definition) is 4. The van der Waals surface area contributed by atoms with Gasteiger partial charge in [-0.3, -0.25) is 4.79 Å². The van der Waals surface area contributed by atoms with Crippen LogP contribution in [0.4, 0.5) is 0 Å². The number of azide groups is 1. The fraction of sp³-hybridized carbons (Fsp3) is 0.556. The third kappa shape index (κ3) is 3.77. The van der Waals surface area contributed by atoms with E-state index in [1.165, 1.54) is 18.4 Å². The number of rotatable bonds is 7. The SMILES string of the molecule is CCOC(=O)C(C)(C)Cc1cc(C2CC2)cc2cc(CN=[N+]=[N-])nn12. The molecule has 0 atom stereocenters. The van der Waals surface area contributed by atoms with Gasteiger partial charge in [-0.1, -0.05) is 5.11 Å². The van der Waals surface area contributed by atoms with Crippen LogP contribution in [0.3, 0.4) is 0 Å². The molecule has 3 rings (SSSR count). The lowest BCUT2D eigenvalue weighted by molar-refractivity contribution is -0.153. The molecule has 0 aliphatic heterocycles. The second-order valence-corrected chi connectivity index (χ2v) is 7.20. The lowest BCUT2D eigenvalue weighted by Crippen LogP contribution is -2.30. The Balaban J connectivity index is 2.00. The Morgan fingerprint density at radius 2 is 2.20 bits per heavy atom. The van der Waals surface area contributed by atoms with E-state index in [0.29, 0.717) is 18.9 Å². The van der Waals surface area contributed by atoms with Crippen LogP contribution >= 0.6 is 0 Å². The smallest absolute Gasteiger partial charge is 0.311 e. The molecule has 2 heterocycles. The number of nitrogens with zero attached hydrogens (tertiary/aromatic N) is 5. The van der Waals surface area contributed by atoms with Gasteiger partial charge in [0, 0.05) is 17.0 Å². The molecule has 0 amide bonds. The summed E-state index contributed by atoms with van der Waals surface area (Å²) in [6.45, 7) is 6.20. The van der Waals surface area contributed by atoms with Gasteiger partial charge in [0.25, 0.3) is 0 Å². The maximum atomic E-state index is 12.3. The molecule has 7 heteroatoms. The van der Waals surface area contributed by atoms with E-state index in [4.69, 9.17) is 10.3 Å². The Labute approximate surface area is 146 Å². The minimum Gasteiger partial charge on any atom is -0.466 e. The molecule has 2 aromatic heterocycles. The van der Waals surface area contributed by atoms with Gasteiger partial charge in [-0.15, -0.1) is 0 Å². The zero-order valence-electron chi connectivity index (χ0n) is 14.9. The first-order valence-corrected chi connectivity index (χ1v) is 8.64. The highest BCUT2D eigenvalue weighted by Gasteiger charge is 2.32. The van der Waals surface area contributed by atoms with Gasteiger partial charge in [-0.2, -0.15) is 5.10 Å². The van der Waals surface area contributed by atoms with Crippen LogP contribution in [0.1, 0.15) is 56.5 Å². The van der Waals surface area contributed by atoms with E-state index in [1.807, 2.05) is 31.4 Å². The van der Waals surface area contributed by atoms with Crippen molar-refractivity contribution in [1.82, 2.24) is 9.61 Å². The zero-order chi connectivity index (χ0) is 18.0. The summed E-state index contributed by atoms with van der Waals surface area (Å²) < 4.78 is 7.07. The molecule has 1 saturated carbocycles. The monoisotopic (exact) mass is 341 g/mol. The van der Waals surface area contributed by atoms with Crippen LogP contribution in [-0.2, 0) is 22.5 Å². The van der Waals surface area contributed by atoms with Crippen molar-refractivity contribution in [3.8, 4) is 0 Å². The average Bonchev–Trinajstić information content (AvgIpc) is 3.33. The van der Waals surface area contributed by atoms with E-state index in [0.717, 1.165) is 16.9 Å². The van der Waals surface area contributed by atoms with Crippen molar-refractivity contribution in [2.45, 2.75) is 52.5 Å². The molecule has 132 valence electrons. The molecular weight excluding hydrogens is 318 g/mol. The van der Waals surface area contributed by atoms with E-state index in [-0.39, 0.29) is 12.5 Å². The minimum absolute atomic E-state index is 0.207. The Kier molecular flexibility index (Phi) is 4.68. The summed E-state index contributed by atoms with van der Waals surface area (Å²) in [6.07, 6.45) is 2.94. The molecule has 0 radical (unpaired) electrons. The van der Waals surface area contributed by atoms with Crippen LogP contribution in [-0.4, -0.2) is 22.2 Å². The molecule has 0 bridgehead atoms. The molecule has 25 heavy (non-hydrogen) atoms. The van der Waals surface area contributed by atoms with Crippen LogP contribution in [0, 0.1) is 5.41 Å². The zero-order valence-corrected chi connectivity index (χ0v) is 14.9. The lowest BCUT2D eigenvalue weighted by atomic mass is 9.87. The molecule has 0 spiro atoms. The molecule has 0 N–H and O–H groups in total. The van der Waals surface area contributed by atoms with Crippen LogP contribution < -0.4 is 0 Å². The van der Waals surface area contributed by atoms with Gasteiger partial charge in [0.2, 0.25) is 0 Å². The molecule has 1 fully saturated rings. The molecule has 0 aromatic carbocycles. The van der Waals surface area contributed by atoms with Gasteiger partial charge in [0.05, 0.1) is 29.8 Å². The Hall–Kier alpha value is -2.53. The van der Waals surface area contributed by atoms with E-state index >= 15 is 0 Å². The molecular formula is C18H23N5O2. The Morgan fingerprint density at radius 1 is 1.44 bits per heavy atom. The maximum Gasteiger partial charge on any atom is 0.311 e. The van der Waals surface area contributed by atoms with Crippen molar-refractivity contribution in [2.75, 3.05) is 6.61 Å². The second kappa shape index (κ2) is 6.76. The second-order valence-electron chi connectivity index (χ2n) is 7.20. The number of ether oxygens (including phenoxy) is 1. The van der Waals surface area contributed by atoms with Crippen LogP contribution in [0.5, 0.6) is 0 Å². The highest BCUT2D eigenvalue weighted by atomic mass is 16.5. The Bertz CT molecular complexity index is 845. The third-order valence-electron chi connectivity index (χ3n) is 4.50. The number of aromatic nitrogens is 2. The fourth-order valence-corrected chi connectivity index (χ4v) is 3.06. The largest absolute Gasteiger partial charge is 0.466 e. The first kappa shape index (κ1) is 17.3. The third-order valence-corrected chi connectivity index (χ3v) is 4.50. The number of esters is 1. The van der Waals surface area contributed by atoms with Gasteiger partial charge in [-0.25, -0.2) is 4.52 Å². The van der Waals surface area contributed by atoms with Crippen LogP contribution in [0.2, 0.25) is 0 Å². The van der Waals surface area contributed by atoms with Gasteiger partial charge in [-0.05, 0) is 68.8 Å². The predicted molar refractivity (Wildman–Crippen MR) is 94.1 cm³/mol. The first-order chi connectivity index (χ1) is 11.9. The van der Waals surface area contributed by atoms with E-state index in [2.05, 4.69) is 27.3 Å². The van der Waals surface area contributed by atoms with E-state index in [9.17, 15) is 4.79 Å². The number of pyridine rings is 1. The molecule has 1 aliphatic carbocycles. The minimum atomic E-state index is -0.637. The van der Waals surface area contributed by atoms with Gasteiger partial charge in [0.1, 0.15) is 0 Å². The summed E-state index contributed by atoms with van der Waals surface area (Å²) in [5.74, 6) is 0.395. The summed E-state index contributed by atoms with van der Waals surface area (Å²) in [6, 6.07) is 6.24. The van der Waals surface area contributed by atoms with Gasteiger partial charge in [0.15, 0.2) is 0 Å². The van der Waals surface area contributed by atoms with E-state index in [1.54, 1.807) is 0 Å². The quantitative estimate of drug-likeness (QED) is 0.328. The fourth-order valence-electron chi connectivity index (χ4n) is 3.06. The predicted octanol–water partition coefficient (Wildman–Crippen LogP) is 4.15. The van der Waals surface area contributed by atoms with Crippen molar-refractivity contribution in [1.29, 1.82) is 0 Å². The summed E-state index contributed by atoms with van der Waals surface area (Å²) in [7, 11) is 0. The van der Waals surface area contributed by atoms with Crippen molar-refractivity contribution in [3.05, 3.63) is 45.6 Å². The standard InChI is InChI=1S/C18H23N5O2/c1-4-25-17(24)18(2,3)10-16-8-13(12-5-6-12)7-15-9-14(11-20-22-19)21-23(15)16/h7-9,12H,4-6,10-11H2,1-3H3. The average molecular weight is 341 g/mol. The van der Waals surface area contributed by atoms with Crippen molar-refractivity contribution in [3.63, 3.8) is 0 Å². The topological polar surface area (TPSA) is 92.4 Å². The molecule has 1 aliphatic rings. The number of fused-ring (bicyclic) bond motifs is 1. The highest BCUT2D eigenvalue weighted by molar-refractivity contribution is 5.76. The van der Waals surface area contributed by atoms with Gasteiger partial charge >= 0.3 is 5.97 Å². The summed E-state index contributed by atoms with van der Waals surface area (Å²) in [5, 5.41) is 8.15. The lowest BCUT2D eigenvalue weighted by Gasteiger charge is -2.23. The normalized spacial score (nSPS) is 14.4. The summed E-state index contributed by atoms with van der Waals surface area (Å²) >= 11 is 0. The summed E-state index contributed by atoms with van der Waals surface area (Å²) in [5.41, 5.74) is 11.8. The van der Waals surface area contributed by atoms with Crippen LogP contribution in [0.15, 0.2) is 23.3 Å². The molecule has 0 unspecified atom stereocenters. The molecule has 7 nitrogen and oxygen atoms in total. The van der Waals surface area contributed by atoms with E-state index < -0.39 is 5.41 Å².